The first kappa shape index (κ1) is 18.3. The number of methoxy groups -OCH3 is 1. The molecule has 0 spiro atoms. The maximum absolute atomic E-state index is 4.88. The van der Waals surface area contributed by atoms with Crippen molar-refractivity contribution in [3.63, 3.8) is 0 Å². The van der Waals surface area contributed by atoms with Crippen LogP contribution in [0.4, 0.5) is 0 Å². The van der Waals surface area contributed by atoms with Crippen LogP contribution >= 0.6 is 0 Å². The van der Waals surface area contributed by atoms with E-state index in [0.717, 1.165) is 18.8 Å². The predicted molar refractivity (Wildman–Crippen MR) is 62.0 cm³/mol. The lowest BCUT2D eigenvalue weighted by Crippen LogP contribution is -2.19. The molecular formula is C11H27NO. The largest absolute Gasteiger partial charge is 0.383 e. The van der Waals surface area contributed by atoms with Crippen LogP contribution in [0.25, 0.3) is 0 Å². The van der Waals surface area contributed by atoms with Crippen molar-refractivity contribution in [1.82, 2.24) is 4.90 Å². The SMILES string of the molecule is C=C(C)N(C)CCOC.CC.CC. The first-order valence-corrected chi connectivity index (χ1v) is 5.04. The molecule has 0 aromatic heterocycles. The minimum absolute atomic E-state index is 0.767. The summed E-state index contributed by atoms with van der Waals surface area (Å²) in [6, 6.07) is 0. The zero-order valence-electron chi connectivity index (χ0n) is 10.5. The van der Waals surface area contributed by atoms with Gasteiger partial charge in [0, 0.05) is 26.4 Å². The van der Waals surface area contributed by atoms with Gasteiger partial charge in [-0.2, -0.15) is 0 Å². The average molecular weight is 189 g/mol. The van der Waals surface area contributed by atoms with E-state index in [1.54, 1.807) is 7.11 Å². The van der Waals surface area contributed by atoms with Gasteiger partial charge in [-0.3, -0.25) is 0 Å². The van der Waals surface area contributed by atoms with Crippen LogP contribution in [-0.2, 0) is 4.74 Å². The second-order valence-corrected chi connectivity index (χ2v) is 2.15. The summed E-state index contributed by atoms with van der Waals surface area (Å²) in [5.74, 6) is 0. The van der Waals surface area contributed by atoms with Gasteiger partial charge in [0.05, 0.1) is 6.61 Å². The van der Waals surface area contributed by atoms with Gasteiger partial charge in [0.15, 0.2) is 0 Å². The molecule has 0 bridgehead atoms. The molecule has 0 N–H and O–H groups in total. The van der Waals surface area contributed by atoms with Gasteiger partial charge < -0.3 is 9.64 Å². The summed E-state index contributed by atoms with van der Waals surface area (Å²) in [5, 5.41) is 0. The second-order valence-electron chi connectivity index (χ2n) is 2.15. The van der Waals surface area contributed by atoms with Gasteiger partial charge in [0.1, 0.15) is 0 Å². The van der Waals surface area contributed by atoms with Gasteiger partial charge in [-0.25, -0.2) is 0 Å². The maximum Gasteiger partial charge on any atom is 0.0637 e. The molecule has 82 valence electrons. The van der Waals surface area contributed by atoms with Crippen molar-refractivity contribution < 1.29 is 4.74 Å². The molecule has 0 fully saturated rings. The topological polar surface area (TPSA) is 12.5 Å². The van der Waals surface area contributed by atoms with Crippen LogP contribution in [-0.4, -0.2) is 32.2 Å². The Morgan fingerprint density at radius 2 is 1.62 bits per heavy atom. The van der Waals surface area contributed by atoms with Gasteiger partial charge in [0.25, 0.3) is 0 Å². The normalized spacial score (nSPS) is 7.31. The molecule has 0 unspecified atom stereocenters. The molecule has 0 amide bonds. The summed E-state index contributed by atoms with van der Waals surface area (Å²) in [4.78, 5) is 2.06. The molecule has 0 aliphatic rings. The van der Waals surface area contributed by atoms with E-state index in [0.29, 0.717) is 0 Å². The molecular weight excluding hydrogens is 162 g/mol. The Bertz CT molecular complexity index is 92.1. The number of nitrogens with zero attached hydrogens (tertiary/aromatic N) is 1. The second kappa shape index (κ2) is 17.5. The molecule has 0 aromatic carbocycles. The summed E-state index contributed by atoms with van der Waals surface area (Å²) >= 11 is 0. The number of ether oxygens (including phenoxy) is 1. The van der Waals surface area contributed by atoms with Gasteiger partial charge in [-0.05, 0) is 6.92 Å². The quantitative estimate of drug-likeness (QED) is 0.673. The van der Waals surface area contributed by atoms with Gasteiger partial charge in [-0.15, -0.1) is 0 Å². The van der Waals surface area contributed by atoms with Crippen molar-refractivity contribution in [3.8, 4) is 0 Å². The highest BCUT2D eigenvalue weighted by molar-refractivity contribution is 4.85. The molecule has 0 saturated heterocycles. The Morgan fingerprint density at radius 1 is 1.23 bits per heavy atom. The highest BCUT2D eigenvalue weighted by Crippen LogP contribution is 1.93. The smallest absolute Gasteiger partial charge is 0.0637 e. The lowest BCUT2D eigenvalue weighted by Gasteiger charge is -2.17. The van der Waals surface area contributed by atoms with Crippen molar-refractivity contribution in [2.75, 3.05) is 27.3 Å². The molecule has 0 aliphatic heterocycles. The molecule has 13 heavy (non-hydrogen) atoms. The fourth-order valence-electron chi connectivity index (χ4n) is 0.419. The number of rotatable bonds is 4. The Balaban J connectivity index is -0.000000218. The zero-order chi connectivity index (χ0) is 11.3. The van der Waals surface area contributed by atoms with Crippen molar-refractivity contribution in [2.24, 2.45) is 0 Å². The van der Waals surface area contributed by atoms with Crippen molar-refractivity contribution in [2.45, 2.75) is 34.6 Å². The molecule has 0 rings (SSSR count). The molecule has 0 saturated carbocycles. The van der Waals surface area contributed by atoms with Crippen LogP contribution < -0.4 is 0 Å². The average Bonchev–Trinajstić information content (AvgIpc) is 2.20. The number of allylic oxidation sites excluding steroid dienone is 1. The van der Waals surface area contributed by atoms with Gasteiger partial charge in [-0.1, -0.05) is 34.3 Å². The third-order valence-corrected chi connectivity index (χ3v) is 1.28. The van der Waals surface area contributed by atoms with E-state index in [9.17, 15) is 0 Å². The predicted octanol–water partition coefficient (Wildman–Crippen LogP) is 3.15. The van der Waals surface area contributed by atoms with Crippen LogP contribution in [0.15, 0.2) is 12.3 Å². The monoisotopic (exact) mass is 189 g/mol. The molecule has 2 heteroatoms. The van der Waals surface area contributed by atoms with Crippen LogP contribution in [0.1, 0.15) is 34.6 Å². The van der Waals surface area contributed by atoms with E-state index in [4.69, 9.17) is 4.74 Å². The number of hydrogen-bond donors (Lipinski definition) is 0. The fourth-order valence-corrected chi connectivity index (χ4v) is 0.419. The molecule has 2 nitrogen and oxygen atoms in total. The Morgan fingerprint density at radius 3 is 1.85 bits per heavy atom. The first-order valence-electron chi connectivity index (χ1n) is 5.04. The highest BCUT2D eigenvalue weighted by Gasteiger charge is 1.92. The van der Waals surface area contributed by atoms with Crippen LogP contribution in [0.5, 0.6) is 0 Å². The van der Waals surface area contributed by atoms with Crippen LogP contribution in [0.3, 0.4) is 0 Å². The zero-order valence-corrected chi connectivity index (χ0v) is 10.5. The minimum atomic E-state index is 0.767. The van der Waals surface area contributed by atoms with Crippen LogP contribution in [0, 0.1) is 0 Å². The summed E-state index contributed by atoms with van der Waals surface area (Å²) < 4.78 is 4.88. The van der Waals surface area contributed by atoms with Crippen molar-refractivity contribution in [3.05, 3.63) is 12.3 Å². The standard InChI is InChI=1S/C7H15NO.2C2H6/c1-7(2)8(3)5-6-9-4;2*1-2/h1,5-6H2,2-4H3;2*1-2H3. The van der Waals surface area contributed by atoms with E-state index in [1.807, 2.05) is 41.7 Å². The number of likely N-dealkylation sites (N-methyl/N-ethyl adjacent to an activating group) is 1. The Labute approximate surface area is 84.6 Å². The van der Waals surface area contributed by atoms with Crippen LogP contribution in [0.2, 0.25) is 0 Å². The summed E-state index contributed by atoms with van der Waals surface area (Å²) in [5.41, 5.74) is 1.08. The van der Waals surface area contributed by atoms with E-state index >= 15 is 0 Å². The molecule has 0 radical (unpaired) electrons. The number of hydrogen-bond acceptors (Lipinski definition) is 2. The fraction of sp³-hybridized carbons (Fsp3) is 0.818. The van der Waals surface area contributed by atoms with Gasteiger partial charge >= 0.3 is 0 Å². The lowest BCUT2D eigenvalue weighted by molar-refractivity contribution is 0.174. The maximum atomic E-state index is 4.88. The third kappa shape index (κ3) is 18.5. The van der Waals surface area contributed by atoms with E-state index < -0.39 is 0 Å². The van der Waals surface area contributed by atoms with E-state index in [2.05, 4.69) is 11.5 Å². The lowest BCUT2D eigenvalue weighted by atomic mass is 10.5. The first-order chi connectivity index (χ1) is 6.18. The van der Waals surface area contributed by atoms with Gasteiger partial charge in [0.2, 0.25) is 0 Å². The summed E-state index contributed by atoms with van der Waals surface area (Å²) in [7, 11) is 3.70. The highest BCUT2D eigenvalue weighted by atomic mass is 16.5. The molecule has 0 heterocycles. The summed E-state index contributed by atoms with van der Waals surface area (Å²) in [6.45, 7) is 15.4. The van der Waals surface area contributed by atoms with E-state index in [-0.39, 0.29) is 0 Å². The van der Waals surface area contributed by atoms with Crippen molar-refractivity contribution >= 4 is 0 Å². The molecule has 0 atom stereocenters. The van der Waals surface area contributed by atoms with E-state index in [1.165, 1.54) is 0 Å². The third-order valence-electron chi connectivity index (χ3n) is 1.28. The molecule has 0 aromatic rings. The Hall–Kier alpha value is -0.500. The van der Waals surface area contributed by atoms with Crippen molar-refractivity contribution in [1.29, 1.82) is 0 Å². The molecule has 0 aliphatic carbocycles. The minimum Gasteiger partial charge on any atom is -0.383 e. The summed E-state index contributed by atoms with van der Waals surface area (Å²) in [6.07, 6.45) is 0. The Kier molecular flexibility index (Phi) is 24.7.